The summed E-state index contributed by atoms with van der Waals surface area (Å²) in [5.41, 5.74) is 3.20. The highest BCUT2D eigenvalue weighted by atomic mass is 35.5. The summed E-state index contributed by atoms with van der Waals surface area (Å²) in [4.78, 5) is 12.6. The van der Waals surface area contributed by atoms with Gasteiger partial charge in [0.15, 0.2) is 5.75 Å². The number of ether oxygens (including phenoxy) is 1. The summed E-state index contributed by atoms with van der Waals surface area (Å²) >= 11 is 12.7. The van der Waals surface area contributed by atoms with E-state index >= 15 is 0 Å². The van der Waals surface area contributed by atoms with E-state index in [9.17, 15) is 10.1 Å². The molecule has 0 fully saturated rings. The zero-order chi connectivity index (χ0) is 23.5. The molecule has 170 valence electrons. The Morgan fingerprint density at radius 2 is 1.72 bits per heavy atom. The lowest BCUT2D eigenvalue weighted by atomic mass is 10.1. The summed E-state index contributed by atoms with van der Waals surface area (Å²) in [5.74, 6) is -0.0626. The van der Waals surface area contributed by atoms with Crippen LogP contribution < -0.4 is 10.1 Å². The number of unbranched alkanes of at least 4 members (excludes halogenated alkanes) is 5. The molecule has 0 saturated carbocycles. The van der Waals surface area contributed by atoms with Crippen molar-refractivity contribution in [3.8, 4) is 11.8 Å². The van der Waals surface area contributed by atoms with Gasteiger partial charge < -0.3 is 10.1 Å². The molecule has 4 nitrogen and oxygen atoms in total. The average Bonchev–Trinajstić information content (AvgIpc) is 2.74. The number of carbonyl (C=O) groups excluding carboxylic acids is 1. The Hall–Kier alpha value is -2.48. The topological polar surface area (TPSA) is 62.1 Å². The van der Waals surface area contributed by atoms with Crippen LogP contribution in [-0.2, 0) is 4.79 Å². The van der Waals surface area contributed by atoms with Crippen molar-refractivity contribution in [3.63, 3.8) is 0 Å². The first-order chi connectivity index (χ1) is 15.3. The van der Waals surface area contributed by atoms with Crippen LogP contribution in [0, 0.1) is 25.2 Å². The van der Waals surface area contributed by atoms with E-state index in [0.29, 0.717) is 33.7 Å². The van der Waals surface area contributed by atoms with E-state index < -0.39 is 5.91 Å². The molecular formula is C26H30Cl2N2O2. The highest BCUT2D eigenvalue weighted by molar-refractivity contribution is 6.37. The summed E-state index contributed by atoms with van der Waals surface area (Å²) in [6, 6.07) is 10.9. The molecule has 0 aliphatic carbocycles. The molecule has 2 aromatic rings. The van der Waals surface area contributed by atoms with Gasteiger partial charge in [-0.1, -0.05) is 79.9 Å². The molecule has 0 heterocycles. The Bertz CT molecular complexity index is 986. The number of benzene rings is 2. The van der Waals surface area contributed by atoms with Gasteiger partial charge in [-0.15, -0.1) is 0 Å². The van der Waals surface area contributed by atoms with Gasteiger partial charge in [-0.05, 0) is 55.7 Å². The molecule has 6 heteroatoms. The average molecular weight is 473 g/mol. The van der Waals surface area contributed by atoms with Crippen LogP contribution in [0.15, 0.2) is 35.9 Å². The Morgan fingerprint density at radius 1 is 1.06 bits per heavy atom. The Morgan fingerprint density at radius 3 is 2.34 bits per heavy atom. The molecule has 1 N–H and O–H groups in total. The highest BCUT2D eigenvalue weighted by Crippen LogP contribution is 2.35. The van der Waals surface area contributed by atoms with E-state index in [-0.39, 0.29) is 5.57 Å². The second-order valence-corrected chi connectivity index (χ2v) is 8.69. The number of hydrogen-bond donors (Lipinski definition) is 1. The number of carbonyl (C=O) groups is 1. The number of nitriles is 1. The molecule has 2 aromatic carbocycles. The van der Waals surface area contributed by atoms with Crippen LogP contribution in [0.4, 0.5) is 5.69 Å². The number of anilines is 1. The summed E-state index contributed by atoms with van der Waals surface area (Å²) < 4.78 is 5.78. The van der Waals surface area contributed by atoms with Crippen molar-refractivity contribution in [1.82, 2.24) is 0 Å². The van der Waals surface area contributed by atoms with Crippen LogP contribution in [-0.4, -0.2) is 12.5 Å². The number of nitrogens with one attached hydrogen (secondary N) is 1. The van der Waals surface area contributed by atoms with Gasteiger partial charge in [0.25, 0.3) is 5.91 Å². The lowest BCUT2D eigenvalue weighted by molar-refractivity contribution is -0.112. The molecule has 0 saturated heterocycles. The normalized spacial score (nSPS) is 11.2. The van der Waals surface area contributed by atoms with Gasteiger partial charge >= 0.3 is 0 Å². The molecule has 0 atom stereocenters. The molecule has 0 aromatic heterocycles. The van der Waals surface area contributed by atoms with Crippen molar-refractivity contribution < 1.29 is 9.53 Å². The van der Waals surface area contributed by atoms with E-state index in [1.807, 2.05) is 38.1 Å². The Balaban J connectivity index is 2.05. The summed E-state index contributed by atoms with van der Waals surface area (Å²) in [5, 5.41) is 13.0. The van der Waals surface area contributed by atoms with Crippen LogP contribution in [0.25, 0.3) is 6.08 Å². The number of halogens is 2. The fourth-order valence-corrected chi connectivity index (χ4v) is 3.93. The minimum Gasteiger partial charge on any atom is -0.490 e. The second-order valence-electron chi connectivity index (χ2n) is 7.87. The molecule has 0 unspecified atom stereocenters. The van der Waals surface area contributed by atoms with Crippen molar-refractivity contribution in [2.45, 2.75) is 59.3 Å². The minimum absolute atomic E-state index is 0.0437. The summed E-state index contributed by atoms with van der Waals surface area (Å²) in [7, 11) is 0. The largest absolute Gasteiger partial charge is 0.490 e. The maximum absolute atomic E-state index is 12.6. The predicted molar refractivity (Wildman–Crippen MR) is 133 cm³/mol. The predicted octanol–water partition coefficient (Wildman–Crippen LogP) is 7.90. The SMILES string of the molecule is CCCCCCCCOc1c(Cl)cc(/C=C(\C#N)C(=O)Nc2ccc(C)cc2C)cc1Cl. The van der Waals surface area contributed by atoms with E-state index in [2.05, 4.69) is 12.2 Å². The van der Waals surface area contributed by atoms with Crippen LogP contribution in [0.5, 0.6) is 5.75 Å². The third kappa shape index (κ3) is 7.89. The first-order valence-corrected chi connectivity index (χ1v) is 11.7. The van der Waals surface area contributed by atoms with Crippen molar-refractivity contribution >= 4 is 40.9 Å². The quantitative estimate of drug-likeness (QED) is 0.205. The van der Waals surface area contributed by atoms with Crippen LogP contribution in [0.2, 0.25) is 10.0 Å². The molecule has 1 amide bonds. The number of aryl methyl sites for hydroxylation is 2. The molecular weight excluding hydrogens is 443 g/mol. The molecule has 0 bridgehead atoms. The first kappa shape index (κ1) is 25.8. The summed E-state index contributed by atoms with van der Waals surface area (Å²) in [6.45, 7) is 6.63. The van der Waals surface area contributed by atoms with E-state index in [1.54, 1.807) is 12.1 Å². The Kier molecular flexibility index (Phi) is 10.6. The van der Waals surface area contributed by atoms with E-state index in [0.717, 1.165) is 24.0 Å². The molecule has 0 spiro atoms. The van der Waals surface area contributed by atoms with Crippen LogP contribution >= 0.6 is 23.2 Å². The monoisotopic (exact) mass is 472 g/mol. The minimum atomic E-state index is -0.491. The van der Waals surface area contributed by atoms with Crippen LogP contribution in [0.1, 0.15) is 62.1 Å². The first-order valence-electron chi connectivity index (χ1n) is 11.0. The van der Waals surface area contributed by atoms with Gasteiger partial charge in [0.1, 0.15) is 11.6 Å². The van der Waals surface area contributed by atoms with Gasteiger partial charge in [0.2, 0.25) is 0 Å². The molecule has 0 radical (unpaired) electrons. The van der Waals surface area contributed by atoms with Gasteiger partial charge in [0.05, 0.1) is 16.7 Å². The Labute approximate surface area is 201 Å². The standard InChI is InChI=1S/C26H30Cl2N2O2/c1-4-5-6-7-8-9-12-32-25-22(27)15-20(16-23(25)28)14-21(17-29)26(31)30-24-11-10-18(2)13-19(24)3/h10-11,13-16H,4-9,12H2,1-3H3,(H,30,31)/b21-14+. The van der Waals surface area contributed by atoms with Crippen molar-refractivity contribution in [2.75, 3.05) is 11.9 Å². The lowest BCUT2D eigenvalue weighted by Gasteiger charge is -2.11. The van der Waals surface area contributed by atoms with Crippen molar-refractivity contribution in [3.05, 3.63) is 62.6 Å². The number of rotatable bonds is 11. The maximum atomic E-state index is 12.6. The highest BCUT2D eigenvalue weighted by Gasteiger charge is 2.14. The van der Waals surface area contributed by atoms with Gasteiger partial charge in [-0.25, -0.2) is 0 Å². The van der Waals surface area contributed by atoms with Gasteiger partial charge in [-0.3, -0.25) is 4.79 Å². The zero-order valence-electron chi connectivity index (χ0n) is 18.9. The smallest absolute Gasteiger partial charge is 0.266 e. The van der Waals surface area contributed by atoms with E-state index in [4.69, 9.17) is 27.9 Å². The van der Waals surface area contributed by atoms with Crippen molar-refractivity contribution in [1.29, 1.82) is 5.26 Å². The van der Waals surface area contributed by atoms with Crippen LogP contribution in [0.3, 0.4) is 0 Å². The third-order valence-electron chi connectivity index (χ3n) is 5.07. The lowest BCUT2D eigenvalue weighted by Crippen LogP contribution is -2.14. The number of amides is 1. The molecule has 0 aliphatic heterocycles. The maximum Gasteiger partial charge on any atom is 0.266 e. The fraction of sp³-hybridized carbons (Fsp3) is 0.385. The van der Waals surface area contributed by atoms with Crippen molar-refractivity contribution in [2.24, 2.45) is 0 Å². The molecule has 2 rings (SSSR count). The second kappa shape index (κ2) is 13.2. The van der Waals surface area contributed by atoms with Gasteiger partial charge in [0, 0.05) is 5.69 Å². The molecule has 0 aliphatic rings. The van der Waals surface area contributed by atoms with Gasteiger partial charge in [-0.2, -0.15) is 5.26 Å². The zero-order valence-corrected chi connectivity index (χ0v) is 20.4. The third-order valence-corrected chi connectivity index (χ3v) is 5.63. The molecule has 32 heavy (non-hydrogen) atoms. The van der Waals surface area contributed by atoms with E-state index in [1.165, 1.54) is 31.8 Å². The fourth-order valence-electron chi connectivity index (χ4n) is 3.32. The number of hydrogen-bond acceptors (Lipinski definition) is 3. The summed E-state index contributed by atoms with van der Waals surface area (Å²) in [6.07, 6.45) is 8.45. The number of nitrogens with zero attached hydrogens (tertiary/aromatic N) is 1.